The molecule has 210 valence electrons. The van der Waals surface area contributed by atoms with Crippen molar-refractivity contribution in [2.75, 3.05) is 23.8 Å². The average molecular weight is 542 g/mol. The van der Waals surface area contributed by atoms with E-state index >= 15 is 0 Å². The monoisotopic (exact) mass is 541 g/mol. The second-order valence-corrected chi connectivity index (χ2v) is 10.5. The fraction of sp³-hybridized carbons (Fsp3) is 0.556. The molecule has 2 aliphatic rings. The minimum absolute atomic E-state index is 0.0186. The van der Waals surface area contributed by atoms with Crippen LogP contribution in [0.3, 0.4) is 0 Å². The molecule has 2 aliphatic carbocycles. The number of halogens is 1. The molecule has 0 unspecified atom stereocenters. The summed E-state index contributed by atoms with van der Waals surface area (Å²) >= 11 is 0. The lowest BCUT2D eigenvalue weighted by Gasteiger charge is -2.30. The summed E-state index contributed by atoms with van der Waals surface area (Å²) in [5, 5.41) is 37.6. The predicted molar refractivity (Wildman–Crippen MR) is 144 cm³/mol. The van der Waals surface area contributed by atoms with Crippen molar-refractivity contribution in [3.63, 3.8) is 0 Å². The molecular weight excluding hydrogens is 505 g/mol. The fourth-order valence-electron chi connectivity index (χ4n) is 5.50. The van der Waals surface area contributed by atoms with Gasteiger partial charge in [-0.2, -0.15) is 4.98 Å². The highest BCUT2D eigenvalue weighted by molar-refractivity contribution is 5.79. The number of hydrogen-bond acceptors (Lipinski definition) is 9. The van der Waals surface area contributed by atoms with E-state index in [0.29, 0.717) is 54.4 Å². The van der Waals surface area contributed by atoms with Crippen molar-refractivity contribution in [1.29, 1.82) is 0 Å². The number of nitrogens with zero attached hydrogens (tertiary/aromatic N) is 4. The highest BCUT2D eigenvalue weighted by Crippen LogP contribution is 2.37. The second-order valence-electron chi connectivity index (χ2n) is 10.5. The standard InChI is InChI=1S/C27H36FN7O4/c28-21-3-1-2-4-22(21)32-27-33-23-14-30-26(31-17-7-11-19(37)12-8-17)34-24(23)35(27)18-9-5-16(6-10-18)25(39)29-13-20(38)15-36/h1-4,14,16-20,36-38H,5-13,15H2,(H,29,39)(H,32,33)(H,30,31,34)/t16?,17?,18?,19?,20-/m0/s1. The Hall–Kier alpha value is -3.35. The van der Waals surface area contributed by atoms with Crippen LogP contribution in [-0.4, -0.2) is 72.1 Å². The number of imidazole rings is 1. The van der Waals surface area contributed by atoms with Crippen LogP contribution < -0.4 is 16.0 Å². The van der Waals surface area contributed by atoms with E-state index in [0.717, 1.165) is 25.7 Å². The number of rotatable bonds is 9. The van der Waals surface area contributed by atoms with Gasteiger partial charge in [-0.3, -0.25) is 9.36 Å². The smallest absolute Gasteiger partial charge is 0.224 e. The fourth-order valence-corrected chi connectivity index (χ4v) is 5.50. The molecule has 5 rings (SSSR count). The van der Waals surface area contributed by atoms with Gasteiger partial charge >= 0.3 is 0 Å². The number of carbonyl (C=O) groups excluding carboxylic acids is 1. The van der Waals surface area contributed by atoms with Gasteiger partial charge in [-0.15, -0.1) is 0 Å². The summed E-state index contributed by atoms with van der Waals surface area (Å²) in [7, 11) is 0. The minimum atomic E-state index is -0.976. The molecule has 2 aromatic heterocycles. The van der Waals surface area contributed by atoms with Crippen molar-refractivity contribution < 1.29 is 24.5 Å². The second kappa shape index (κ2) is 12.2. The Bertz CT molecular complexity index is 1270. The van der Waals surface area contributed by atoms with Gasteiger partial charge in [0.2, 0.25) is 17.8 Å². The molecule has 2 fully saturated rings. The first-order valence-corrected chi connectivity index (χ1v) is 13.7. The van der Waals surface area contributed by atoms with Gasteiger partial charge < -0.3 is 31.3 Å². The molecule has 6 N–H and O–H groups in total. The minimum Gasteiger partial charge on any atom is -0.394 e. The van der Waals surface area contributed by atoms with Crippen LogP contribution in [0.5, 0.6) is 0 Å². The molecule has 0 aliphatic heterocycles. The SMILES string of the molecule is O=C(NC[C@H](O)CO)C1CCC(n2c(Nc3ccccc3F)nc3cnc(NC4CCC(O)CC4)nc32)CC1. The molecule has 11 nitrogen and oxygen atoms in total. The van der Waals surface area contributed by atoms with Crippen molar-refractivity contribution in [2.45, 2.75) is 75.7 Å². The number of aliphatic hydroxyl groups excluding tert-OH is 3. The first-order valence-electron chi connectivity index (χ1n) is 13.7. The van der Waals surface area contributed by atoms with E-state index in [9.17, 15) is 19.4 Å². The van der Waals surface area contributed by atoms with Crippen LogP contribution in [0.2, 0.25) is 0 Å². The zero-order valence-electron chi connectivity index (χ0n) is 21.8. The van der Waals surface area contributed by atoms with Gasteiger partial charge in [0.1, 0.15) is 11.3 Å². The first-order chi connectivity index (χ1) is 18.9. The van der Waals surface area contributed by atoms with Gasteiger partial charge in [0, 0.05) is 24.5 Å². The Morgan fingerprint density at radius 1 is 1.08 bits per heavy atom. The van der Waals surface area contributed by atoms with Crippen LogP contribution in [0.4, 0.5) is 22.0 Å². The van der Waals surface area contributed by atoms with E-state index in [4.69, 9.17) is 15.1 Å². The molecule has 39 heavy (non-hydrogen) atoms. The molecule has 0 spiro atoms. The maximum Gasteiger partial charge on any atom is 0.224 e. The Morgan fingerprint density at radius 2 is 1.82 bits per heavy atom. The van der Waals surface area contributed by atoms with Crippen LogP contribution in [0.1, 0.15) is 57.4 Å². The van der Waals surface area contributed by atoms with Crippen molar-refractivity contribution in [2.24, 2.45) is 5.92 Å². The van der Waals surface area contributed by atoms with E-state index in [1.54, 1.807) is 24.4 Å². The molecule has 1 aromatic carbocycles. The number of aliphatic hydroxyl groups is 3. The molecular formula is C27H36FN7O4. The van der Waals surface area contributed by atoms with Crippen LogP contribution in [0.25, 0.3) is 11.2 Å². The Balaban J connectivity index is 1.38. The van der Waals surface area contributed by atoms with Gasteiger partial charge in [-0.25, -0.2) is 14.4 Å². The van der Waals surface area contributed by atoms with Crippen molar-refractivity contribution in [3.8, 4) is 0 Å². The molecule has 1 amide bonds. The number of fused-ring (bicyclic) bond motifs is 1. The normalized spacial score (nSPS) is 24.3. The van der Waals surface area contributed by atoms with Crippen LogP contribution >= 0.6 is 0 Å². The van der Waals surface area contributed by atoms with Gasteiger partial charge in [-0.05, 0) is 63.5 Å². The summed E-state index contributed by atoms with van der Waals surface area (Å²) in [6, 6.07) is 6.56. The van der Waals surface area contributed by atoms with Gasteiger partial charge in [-0.1, -0.05) is 12.1 Å². The van der Waals surface area contributed by atoms with E-state index < -0.39 is 18.5 Å². The topological polar surface area (TPSA) is 157 Å². The number of hydrogen-bond donors (Lipinski definition) is 6. The van der Waals surface area contributed by atoms with Crippen molar-refractivity contribution >= 4 is 34.7 Å². The maximum atomic E-state index is 14.5. The average Bonchev–Trinajstić information content (AvgIpc) is 3.31. The lowest BCUT2D eigenvalue weighted by molar-refractivity contribution is -0.126. The Kier molecular flexibility index (Phi) is 8.53. The van der Waals surface area contributed by atoms with Gasteiger partial charge in [0.05, 0.1) is 30.7 Å². The first kappa shape index (κ1) is 27.2. The summed E-state index contributed by atoms with van der Waals surface area (Å²) in [4.78, 5) is 26.6. The molecule has 2 heterocycles. The highest BCUT2D eigenvalue weighted by Gasteiger charge is 2.30. The number of benzene rings is 1. The summed E-state index contributed by atoms with van der Waals surface area (Å²) in [6.07, 6.45) is 6.22. The quantitative estimate of drug-likeness (QED) is 0.240. The lowest BCUT2D eigenvalue weighted by atomic mass is 9.85. The zero-order chi connectivity index (χ0) is 27.4. The lowest BCUT2D eigenvalue weighted by Crippen LogP contribution is -2.39. The number of anilines is 3. The van der Waals surface area contributed by atoms with Crippen molar-refractivity contribution in [3.05, 3.63) is 36.3 Å². The number of amides is 1. The van der Waals surface area contributed by atoms with Crippen LogP contribution in [0, 0.1) is 11.7 Å². The zero-order valence-corrected chi connectivity index (χ0v) is 21.8. The largest absolute Gasteiger partial charge is 0.394 e. The van der Waals surface area contributed by atoms with Crippen molar-refractivity contribution in [1.82, 2.24) is 24.8 Å². The van der Waals surface area contributed by atoms with Crippen LogP contribution in [-0.2, 0) is 4.79 Å². The molecule has 0 bridgehead atoms. The molecule has 12 heteroatoms. The summed E-state index contributed by atoms with van der Waals surface area (Å²) in [6.45, 7) is -0.384. The highest BCUT2D eigenvalue weighted by atomic mass is 19.1. The van der Waals surface area contributed by atoms with E-state index in [2.05, 4.69) is 20.9 Å². The molecule has 3 aromatic rings. The maximum absolute atomic E-state index is 14.5. The van der Waals surface area contributed by atoms with Gasteiger partial charge in [0.15, 0.2) is 5.65 Å². The number of para-hydroxylation sites is 1. The molecule has 0 saturated heterocycles. The number of carbonyl (C=O) groups is 1. The van der Waals surface area contributed by atoms with E-state index in [1.165, 1.54) is 6.07 Å². The third-order valence-corrected chi connectivity index (χ3v) is 7.74. The van der Waals surface area contributed by atoms with Crippen LogP contribution in [0.15, 0.2) is 30.5 Å². The van der Waals surface area contributed by atoms with Gasteiger partial charge in [0.25, 0.3) is 0 Å². The summed E-state index contributed by atoms with van der Waals surface area (Å²) in [5.74, 6) is 0.222. The molecule has 0 radical (unpaired) electrons. The predicted octanol–water partition coefficient (Wildman–Crippen LogP) is 2.63. The Morgan fingerprint density at radius 3 is 2.54 bits per heavy atom. The molecule has 1 atom stereocenters. The van der Waals surface area contributed by atoms with E-state index in [1.807, 2.05) is 4.57 Å². The number of nitrogens with one attached hydrogen (secondary N) is 3. The summed E-state index contributed by atoms with van der Waals surface area (Å²) < 4.78 is 16.5. The van der Waals surface area contributed by atoms with E-state index in [-0.39, 0.29) is 36.6 Å². The molecule has 2 saturated carbocycles. The third kappa shape index (κ3) is 6.45. The Labute approximate surface area is 225 Å². The number of aromatic nitrogens is 4. The third-order valence-electron chi connectivity index (χ3n) is 7.74. The summed E-state index contributed by atoms with van der Waals surface area (Å²) in [5.41, 5.74) is 1.51.